The quantitative estimate of drug-likeness (QED) is 0.571. The minimum absolute atomic E-state index is 0.186. The lowest BCUT2D eigenvalue weighted by atomic mass is 10.1. The Morgan fingerprint density at radius 1 is 1.22 bits per heavy atom. The summed E-state index contributed by atoms with van der Waals surface area (Å²) in [5, 5.41) is 4.32. The molecular formula is C18H16FN5O2S. The van der Waals surface area contributed by atoms with Crippen molar-refractivity contribution in [1.29, 1.82) is 0 Å². The summed E-state index contributed by atoms with van der Waals surface area (Å²) in [5.74, 6) is -0.0996. The zero-order valence-corrected chi connectivity index (χ0v) is 15.3. The molecule has 4 heterocycles. The molecule has 0 saturated carbocycles. The Hall–Kier alpha value is -2.78. The van der Waals surface area contributed by atoms with Gasteiger partial charge >= 0.3 is 0 Å². The van der Waals surface area contributed by atoms with Crippen molar-refractivity contribution < 1.29 is 8.81 Å². The highest BCUT2D eigenvalue weighted by Crippen LogP contribution is 2.29. The van der Waals surface area contributed by atoms with Crippen LogP contribution in [0.2, 0.25) is 0 Å². The number of piperazine rings is 1. The zero-order chi connectivity index (χ0) is 18.5. The Kier molecular flexibility index (Phi) is 3.73. The number of hydrogen-bond donors (Lipinski definition) is 1. The van der Waals surface area contributed by atoms with E-state index in [9.17, 15) is 9.18 Å². The number of oxazole rings is 1. The SMILES string of the molecule is Cc1nc2c(F)cc(-c3cc(=O)n4cc(N5CCNCC5)sc4n3)cc2o1. The van der Waals surface area contributed by atoms with Gasteiger partial charge in [0.1, 0.15) is 10.5 Å². The van der Waals surface area contributed by atoms with Crippen molar-refractivity contribution in [2.45, 2.75) is 6.92 Å². The van der Waals surface area contributed by atoms with E-state index < -0.39 is 5.82 Å². The fourth-order valence-electron chi connectivity index (χ4n) is 3.32. The number of rotatable bonds is 2. The van der Waals surface area contributed by atoms with Gasteiger partial charge in [0, 0.05) is 50.9 Å². The second-order valence-electron chi connectivity index (χ2n) is 6.48. The van der Waals surface area contributed by atoms with Crippen LogP contribution < -0.4 is 15.8 Å². The van der Waals surface area contributed by atoms with Gasteiger partial charge in [-0.3, -0.25) is 9.20 Å². The van der Waals surface area contributed by atoms with Crippen LogP contribution in [-0.4, -0.2) is 40.5 Å². The monoisotopic (exact) mass is 385 g/mol. The van der Waals surface area contributed by atoms with E-state index in [4.69, 9.17) is 4.42 Å². The first-order valence-electron chi connectivity index (χ1n) is 8.64. The third-order valence-corrected chi connectivity index (χ3v) is 5.68. The van der Waals surface area contributed by atoms with Crippen LogP contribution in [0.3, 0.4) is 0 Å². The minimum atomic E-state index is -0.492. The largest absolute Gasteiger partial charge is 0.441 e. The predicted molar refractivity (Wildman–Crippen MR) is 102 cm³/mol. The van der Waals surface area contributed by atoms with Crippen LogP contribution in [0, 0.1) is 12.7 Å². The molecule has 0 aliphatic carbocycles. The van der Waals surface area contributed by atoms with E-state index in [2.05, 4.69) is 20.2 Å². The second-order valence-corrected chi connectivity index (χ2v) is 7.46. The number of aromatic nitrogens is 3. The molecule has 1 saturated heterocycles. The van der Waals surface area contributed by atoms with Crippen LogP contribution in [-0.2, 0) is 0 Å². The molecule has 0 unspecified atom stereocenters. The molecule has 1 N–H and O–H groups in total. The molecule has 27 heavy (non-hydrogen) atoms. The summed E-state index contributed by atoms with van der Waals surface area (Å²) >= 11 is 1.46. The van der Waals surface area contributed by atoms with Gasteiger partial charge < -0.3 is 14.6 Å². The lowest BCUT2D eigenvalue weighted by molar-refractivity contribution is 0.561. The summed E-state index contributed by atoms with van der Waals surface area (Å²) in [7, 11) is 0. The van der Waals surface area contributed by atoms with Gasteiger partial charge in [-0.1, -0.05) is 11.3 Å². The van der Waals surface area contributed by atoms with Gasteiger partial charge in [-0.2, -0.15) is 0 Å². The number of thiazole rings is 1. The van der Waals surface area contributed by atoms with E-state index in [1.165, 1.54) is 23.5 Å². The van der Waals surface area contributed by atoms with Crippen LogP contribution in [0.4, 0.5) is 9.39 Å². The van der Waals surface area contributed by atoms with Crippen molar-refractivity contribution in [2.75, 3.05) is 31.1 Å². The standard InChI is InChI=1S/C18H16FN5O2S/c1-10-21-17-12(19)6-11(7-14(17)26-10)13-8-15(25)24-9-16(27-18(24)22-13)23-4-2-20-3-5-23/h6-9,20H,2-5H2,1H3. The normalized spacial score (nSPS) is 15.1. The van der Waals surface area contributed by atoms with E-state index in [0.717, 1.165) is 31.2 Å². The summed E-state index contributed by atoms with van der Waals surface area (Å²) in [5.41, 5.74) is 1.25. The van der Waals surface area contributed by atoms with Gasteiger partial charge in [-0.15, -0.1) is 0 Å². The highest BCUT2D eigenvalue weighted by atomic mass is 32.1. The summed E-state index contributed by atoms with van der Waals surface area (Å²) < 4.78 is 21.3. The number of fused-ring (bicyclic) bond motifs is 2. The first-order valence-corrected chi connectivity index (χ1v) is 9.46. The number of aryl methyl sites for hydroxylation is 1. The Morgan fingerprint density at radius 2 is 2.04 bits per heavy atom. The zero-order valence-electron chi connectivity index (χ0n) is 14.5. The average molecular weight is 385 g/mol. The molecule has 5 rings (SSSR count). The Bertz CT molecular complexity index is 1220. The van der Waals surface area contributed by atoms with Gasteiger partial charge in [0.05, 0.1) is 5.69 Å². The maximum absolute atomic E-state index is 14.4. The molecule has 3 aromatic heterocycles. The van der Waals surface area contributed by atoms with Gasteiger partial charge in [0.25, 0.3) is 5.56 Å². The van der Waals surface area contributed by atoms with Crippen molar-refractivity contribution in [3.8, 4) is 11.3 Å². The second kappa shape index (κ2) is 6.14. The van der Waals surface area contributed by atoms with Gasteiger partial charge in [0.15, 0.2) is 22.3 Å². The topological polar surface area (TPSA) is 75.7 Å². The summed E-state index contributed by atoms with van der Waals surface area (Å²) in [6.45, 7) is 5.27. The molecule has 1 aliphatic heterocycles. The van der Waals surface area contributed by atoms with Crippen molar-refractivity contribution >= 4 is 32.4 Å². The molecule has 0 radical (unpaired) electrons. The van der Waals surface area contributed by atoms with Crippen LogP contribution in [0.15, 0.2) is 33.6 Å². The molecule has 138 valence electrons. The van der Waals surface area contributed by atoms with Crippen LogP contribution in [0.1, 0.15) is 5.89 Å². The number of halogens is 1. The van der Waals surface area contributed by atoms with Crippen molar-refractivity contribution in [1.82, 2.24) is 19.7 Å². The van der Waals surface area contributed by atoms with Crippen molar-refractivity contribution in [3.63, 3.8) is 0 Å². The van der Waals surface area contributed by atoms with E-state index >= 15 is 0 Å². The lowest BCUT2D eigenvalue weighted by Gasteiger charge is -2.27. The Balaban J connectivity index is 1.62. The third-order valence-electron chi connectivity index (χ3n) is 4.63. The molecule has 1 aromatic carbocycles. The fraction of sp³-hybridized carbons (Fsp3) is 0.278. The predicted octanol–water partition coefficient (Wildman–Crippen LogP) is 2.42. The van der Waals surface area contributed by atoms with Crippen molar-refractivity contribution in [2.24, 2.45) is 0 Å². The Morgan fingerprint density at radius 3 is 2.85 bits per heavy atom. The smallest absolute Gasteiger partial charge is 0.259 e. The maximum atomic E-state index is 14.4. The van der Waals surface area contributed by atoms with E-state index in [0.29, 0.717) is 27.7 Å². The number of benzene rings is 1. The van der Waals surface area contributed by atoms with Gasteiger partial charge in [-0.05, 0) is 12.1 Å². The first kappa shape index (κ1) is 16.4. The Labute approximate surface area is 157 Å². The van der Waals surface area contributed by atoms with Crippen LogP contribution in [0.5, 0.6) is 0 Å². The molecular weight excluding hydrogens is 369 g/mol. The molecule has 7 nitrogen and oxygen atoms in total. The number of anilines is 1. The number of hydrogen-bond acceptors (Lipinski definition) is 7. The van der Waals surface area contributed by atoms with Crippen LogP contribution >= 0.6 is 11.3 Å². The van der Waals surface area contributed by atoms with Crippen LogP contribution in [0.25, 0.3) is 27.3 Å². The average Bonchev–Trinajstić information content (AvgIpc) is 3.26. The molecule has 4 aromatic rings. The molecule has 1 fully saturated rings. The molecule has 0 bridgehead atoms. The number of nitrogens with one attached hydrogen (secondary N) is 1. The molecule has 1 aliphatic rings. The molecule has 0 atom stereocenters. The lowest BCUT2D eigenvalue weighted by Crippen LogP contribution is -2.43. The van der Waals surface area contributed by atoms with Gasteiger partial charge in [-0.25, -0.2) is 14.4 Å². The maximum Gasteiger partial charge on any atom is 0.259 e. The first-order chi connectivity index (χ1) is 13.1. The number of nitrogens with zero attached hydrogens (tertiary/aromatic N) is 4. The summed E-state index contributed by atoms with van der Waals surface area (Å²) in [4.78, 5) is 24.0. The van der Waals surface area contributed by atoms with Gasteiger partial charge in [0.2, 0.25) is 0 Å². The van der Waals surface area contributed by atoms with Crippen molar-refractivity contribution in [3.05, 3.63) is 46.5 Å². The fourth-order valence-corrected chi connectivity index (χ4v) is 4.36. The molecule has 0 spiro atoms. The highest BCUT2D eigenvalue weighted by molar-refractivity contribution is 7.20. The third kappa shape index (κ3) is 2.79. The highest BCUT2D eigenvalue weighted by Gasteiger charge is 2.17. The minimum Gasteiger partial charge on any atom is -0.441 e. The van der Waals surface area contributed by atoms with E-state index in [1.54, 1.807) is 17.4 Å². The van der Waals surface area contributed by atoms with E-state index in [-0.39, 0.29) is 11.1 Å². The summed E-state index contributed by atoms with van der Waals surface area (Å²) in [6, 6.07) is 4.43. The summed E-state index contributed by atoms with van der Waals surface area (Å²) in [6.07, 6.45) is 1.83. The molecule has 0 amide bonds. The molecule has 9 heteroatoms. The van der Waals surface area contributed by atoms with E-state index in [1.807, 2.05) is 6.20 Å².